The minimum Gasteiger partial charge on any atom is -0.459 e. The van der Waals surface area contributed by atoms with E-state index in [1.165, 1.54) is 12.1 Å². The number of benzene rings is 2. The van der Waals surface area contributed by atoms with E-state index in [9.17, 15) is 10.1 Å². The van der Waals surface area contributed by atoms with E-state index >= 15 is 0 Å². The van der Waals surface area contributed by atoms with E-state index in [0.29, 0.717) is 5.76 Å². The van der Waals surface area contributed by atoms with Crippen molar-refractivity contribution in [2.75, 3.05) is 0 Å². The van der Waals surface area contributed by atoms with Crippen LogP contribution in [0.4, 0.5) is 5.69 Å². The number of hydrogen-bond acceptors (Lipinski definition) is 3. The van der Waals surface area contributed by atoms with Gasteiger partial charge in [0.05, 0.1) is 4.92 Å². The third kappa shape index (κ3) is 2.26. The molecule has 2 aromatic carbocycles. The van der Waals surface area contributed by atoms with Crippen LogP contribution in [0.15, 0.2) is 59.0 Å². The molecule has 1 atom stereocenters. The van der Waals surface area contributed by atoms with Gasteiger partial charge in [-0.2, -0.15) is 0 Å². The molecule has 0 amide bonds. The van der Waals surface area contributed by atoms with Crippen molar-refractivity contribution < 1.29 is 9.34 Å². The first-order valence-electron chi connectivity index (χ1n) is 6.02. The van der Waals surface area contributed by atoms with Gasteiger partial charge in [-0.25, -0.2) is 0 Å². The van der Waals surface area contributed by atoms with Crippen molar-refractivity contribution in [3.8, 4) is 0 Å². The van der Waals surface area contributed by atoms with Gasteiger partial charge in [0.2, 0.25) is 0 Å². The fourth-order valence-electron chi connectivity index (χ4n) is 2.06. The quantitative estimate of drug-likeness (QED) is 0.399. The Kier molecular flexibility index (Phi) is 3.16. The summed E-state index contributed by atoms with van der Waals surface area (Å²) in [4.78, 5) is 10.2. The highest BCUT2D eigenvalue weighted by Crippen LogP contribution is 2.33. The highest BCUT2D eigenvalue weighted by molar-refractivity contribution is 6.22. The zero-order chi connectivity index (χ0) is 14.1. The van der Waals surface area contributed by atoms with Gasteiger partial charge in [0, 0.05) is 17.5 Å². The Morgan fingerprint density at radius 2 is 1.80 bits per heavy atom. The first-order chi connectivity index (χ1) is 9.65. The van der Waals surface area contributed by atoms with Crippen LogP contribution >= 0.6 is 11.6 Å². The van der Waals surface area contributed by atoms with Crippen molar-refractivity contribution in [3.05, 3.63) is 76.0 Å². The van der Waals surface area contributed by atoms with Gasteiger partial charge in [0.1, 0.15) is 16.7 Å². The van der Waals surface area contributed by atoms with Gasteiger partial charge in [0.15, 0.2) is 0 Å². The number of hydrogen-bond donors (Lipinski definition) is 0. The summed E-state index contributed by atoms with van der Waals surface area (Å²) in [7, 11) is 0. The maximum Gasteiger partial charge on any atom is 0.269 e. The molecule has 0 aliphatic carbocycles. The summed E-state index contributed by atoms with van der Waals surface area (Å²) in [6, 6.07) is 15.7. The van der Waals surface area contributed by atoms with E-state index in [0.717, 1.165) is 16.5 Å². The van der Waals surface area contributed by atoms with Gasteiger partial charge in [-0.1, -0.05) is 30.3 Å². The molecule has 0 aliphatic rings. The lowest BCUT2D eigenvalue weighted by atomic mass is 10.1. The molecular weight excluding hydrogens is 278 g/mol. The molecular formula is C15H10ClNO3. The fourth-order valence-corrected chi connectivity index (χ4v) is 2.31. The number of alkyl halides is 1. The van der Waals surface area contributed by atoms with Crippen LogP contribution in [-0.2, 0) is 0 Å². The lowest BCUT2D eigenvalue weighted by Crippen LogP contribution is -1.92. The van der Waals surface area contributed by atoms with Crippen molar-refractivity contribution in [1.82, 2.24) is 0 Å². The Morgan fingerprint density at radius 3 is 2.45 bits per heavy atom. The van der Waals surface area contributed by atoms with Gasteiger partial charge < -0.3 is 4.42 Å². The zero-order valence-electron chi connectivity index (χ0n) is 10.3. The summed E-state index contributed by atoms with van der Waals surface area (Å²) in [5.41, 5.74) is 1.58. The molecule has 0 fully saturated rings. The Hall–Kier alpha value is -2.33. The van der Waals surface area contributed by atoms with E-state index in [1.807, 2.05) is 30.3 Å². The number of nitro groups is 1. The summed E-state index contributed by atoms with van der Waals surface area (Å²) in [6.45, 7) is 0. The van der Waals surface area contributed by atoms with Crippen LogP contribution in [0.25, 0.3) is 11.0 Å². The van der Waals surface area contributed by atoms with Crippen molar-refractivity contribution >= 4 is 28.3 Å². The molecule has 20 heavy (non-hydrogen) atoms. The van der Waals surface area contributed by atoms with Crippen LogP contribution in [-0.4, -0.2) is 4.92 Å². The third-order valence-electron chi connectivity index (χ3n) is 3.09. The number of rotatable bonds is 3. The minimum absolute atomic E-state index is 0.0437. The molecule has 0 saturated heterocycles. The summed E-state index contributed by atoms with van der Waals surface area (Å²) >= 11 is 6.37. The van der Waals surface area contributed by atoms with E-state index in [-0.39, 0.29) is 5.69 Å². The average Bonchev–Trinajstić information content (AvgIpc) is 2.90. The minimum atomic E-state index is -0.469. The lowest BCUT2D eigenvalue weighted by molar-refractivity contribution is -0.384. The maximum atomic E-state index is 10.6. The normalized spacial score (nSPS) is 12.4. The molecule has 1 aromatic heterocycles. The number of nitro benzene ring substituents is 1. The molecule has 4 nitrogen and oxygen atoms in total. The van der Waals surface area contributed by atoms with Crippen LogP contribution < -0.4 is 0 Å². The number of furan rings is 1. The van der Waals surface area contributed by atoms with Crippen molar-refractivity contribution in [3.63, 3.8) is 0 Å². The van der Waals surface area contributed by atoms with Crippen molar-refractivity contribution in [2.24, 2.45) is 0 Å². The highest BCUT2D eigenvalue weighted by Gasteiger charge is 2.16. The molecule has 0 aliphatic heterocycles. The van der Waals surface area contributed by atoms with E-state index in [4.69, 9.17) is 16.0 Å². The van der Waals surface area contributed by atoms with Gasteiger partial charge in [0.25, 0.3) is 5.69 Å². The third-order valence-corrected chi connectivity index (χ3v) is 3.56. The van der Waals surface area contributed by atoms with Gasteiger partial charge in [-0.15, -0.1) is 11.6 Å². The Bertz CT molecular complexity index is 731. The number of halogens is 1. The number of non-ortho nitro benzene ring substituents is 1. The number of para-hydroxylation sites is 1. The van der Waals surface area contributed by atoms with Crippen molar-refractivity contribution in [2.45, 2.75) is 5.38 Å². The molecule has 1 unspecified atom stereocenters. The maximum absolute atomic E-state index is 10.6. The Morgan fingerprint density at radius 1 is 1.10 bits per heavy atom. The predicted octanol–water partition coefficient (Wildman–Crippen LogP) is 4.67. The molecule has 100 valence electrons. The number of nitrogens with zero attached hydrogens (tertiary/aromatic N) is 1. The fraction of sp³-hybridized carbons (Fsp3) is 0.0667. The smallest absolute Gasteiger partial charge is 0.269 e. The molecule has 3 aromatic rings. The second-order valence-electron chi connectivity index (χ2n) is 4.40. The largest absolute Gasteiger partial charge is 0.459 e. The second kappa shape index (κ2) is 4.98. The molecule has 1 heterocycles. The molecule has 0 radical (unpaired) electrons. The lowest BCUT2D eigenvalue weighted by Gasteiger charge is -2.06. The van der Waals surface area contributed by atoms with E-state index in [1.54, 1.807) is 12.1 Å². The van der Waals surface area contributed by atoms with Crippen LogP contribution in [0.5, 0.6) is 0 Å². The summed E-state index contributed by atoms with van der Waals surface area (Å²) < 4.78 is 5.70. The molecule has 3 rings (SSSR count). The summed E-state index contributed by atoms with van der Waals surface area (Å²) in [6.07, 6.45) is 0. The standard InChI is InChI=1S/C15H10ClNO3/c16-15(10-5-7-12(8-6-10)17(18)19)14-9-11-3-1-2-4-13(11)20-14/h1-9,15H. The first kappa shape index (κ1) is 12.7. The van der Waals surface area contributed by atoms with Crippen LogP contribution in [0.1, 0.15) is 16.7 Å². The van der Waals surface area contributed by atoms with Gasteiger partial charge >= 0.3 is 0 Å². The Labute approximate surface area is 119 Å². The topological polar surface area (TPSA) is 56.3 Å². The summed E-state index contributed by atoms with van der Waals surface area (Å²) in [5.74, 6) is 0.627. The van der Waals surface area contributed by atoms with Crippen LogP contribution in [0.2, 0.25) is 0 Å². The monoisotopic (exact) mass is 287 g/mol. The van der Waals surface area contributed by atoms with Gasteiger partial charge in [-0.05, 0) is 17.7 Å². The molecule has 0 saturated carbocycles. The van der Waals surface area contributed by atoms with E-state index < -0.39 is 10.3 Å². The van der Waals surface area contributed by atoms with Gasteiger partial charge in [-0.3, -0.25) is 10.1 Å². The molecule has 5 heteroatoms. The summed E-state index contributed by atoms with van der Waals surface area (Å²) in [5, 5.41) is 11.1. The molecule has 0 bridgehead atoms. The highest BCUT2D eigenvalue weighted by atomic mass is 35.5. The zero-order valence-corrected chi connectivity index (χ0v) is 11.1. The Balaban J connectivity index is 1.94. The molecule has 0 spiro atoms. The SMILES string of the molecule is O=[N+]([O-])c1ccc(C(Cl)c2cc3ccccc3o2)cc1. The van der Waals surface area contributed by atoms with Crippen molar-refractivity contribution in [1.29, 1.82) is 0 Å². The average molecular weight is 288 g/mol. The number of fused-ring (bicyclic) bond motifs is 1. The molecule has 0 N–H and O–H groups in total. The second-order valence-corrected chi connectivity index (χ2v) is 4.83. The van der Waals surface area contributed by atoms with E-state index in [2.05, 4.69) is 0 Å². The van der Waals surface area contributed by atoms with Crippen LogP contribution in [0, 0.1) is 10.1 Å². The first-order valence-corrected chi connectivity index (χ1v) is 6.46. The van der Waals surface area contributed by atoms with Crippen LogP contribution in [0.3, 0.4) is 0 Å². The predicted molar refractivity (Wildman–Crippen MR) is 77.0 cm³/mol.